The highest BCUT2D eigenvalue weighted by Gasteiger charge is 2.32. The number of benzene rings is 3. The maximum Gasteiger partial charge on any atom is 0.118 e. The molecule has 1 aliphatic heterocycles. The lowest BCUT2D eigenvalue weighted by Gasteiger charge is -2.41. The van der Waals surface area contributed by atoms with E-state index in [1.54, 1.807) is 7.11 Å². The Bertz CT molecular complexity index is 1010. The van der Waals surface area contributed by atoms with E-state index in [1.165, 1.54) is 33.5 Å². The Labute approximate surface area is 180 Å². The Kier molecular flexibility index (Phi) is 5.57. The predicted molar refractivity (Wildman–Crippen MR) is 126 cm³/mol. The summed E-state index contributed by atoms with van der Waals surface area (Å²) in [5.41, 5.74) is 14.2. The normalized spacial score (nSPS) is 16.1. The number of anilines is 1. The lowest BCUT2D eigenvalue weighted by Crippen LogP contribution is -2.37. The van der Waals surface area contributed by atoms with Crippen LogP contribution in [0.3, 0.4) is 0 Å². The van der Waals surface area contributed by atoms with Gasteiger partial charge in [-0.3, -0.25) is 0 Å². The third kappa shape index (κ3) is 3.95. The van der Waals surface area contributed by atoms with E-state index in [0.29, 0.717) is 0 Å². The third-order valence-corrected chi connectivity index (χ3v) is 6.35. The lowest BCUT2D eigenvalue weighted by atomic mass is 9.75. The summed E-state index contributed by atoms with van der Waals surface area (Å²) in [5.74, 6) is 0.869. The van der Waals surface area contributed by atoms with Crippen LogP contribution in [0.25, 0.3) is 11.1 Å². The molecule has 0 radical (unpaired) electrons. The first-order valence-corrected chi connectivity index (χ1v) is 10.8. The van der Waals surface area contributed by atoms with Gasteiger partial charge in [-0.2, -0.15) is 0 Å². The standard InChI is InChI=1S/C27H32N2O/c1-19(28)23-17-26-25(16-24(23)21-10-12-22(30-4)13-11-21)27(2,3)14-15-29(26)18-20-8-6-5-7-9-20/h5-13,16-17,19H,14-15,18,28H2,1-4H3. The average molecular weight is 401 g/mol. The number of nitrogens with zero attached hydrogens (tertiary/aromatic N) is 1. The maximum atomic E-state index is 6.46. The Morgan fingerprint density at radius 2 is 1.73 bits per heavy atom. The molecule has 4 rings (SSSR count). The SMILES string of the molecule is COc1ccc(-c2cc3c(cc2C(C)N)N(Cc2ccccc2)CCC3(C)C)cc1. The molecule has 1 aliphatic rings. The van der Waals surface area contributed by atoms with Crippen LogP contribution in [0.5, 0.6) is 5.75 Å². The topological polar surface area (TPSA) is 38.5 Å². The van der Waals surface area contributed by atoms with Crippen molar-refractivity contribution in [2.45, 2.75) is 45.2 Å². The summed E-state index contributed by atoms with van der Waals surface area (Å²) in [5, 5.41) is 0. The van der Waals surface area contributed by atoms with Gasteiger partial charge in [-0.15, -0.1) is 0 Å². The number of nitrogens with two attached hydrogens (primary N) is 1. The van der Waals surface area contributed by atoms with Crippen molar-refractivity contribution in [3.05, 3.63) is 83.4 Å². The van der Waals surface area contributed by atoms with Gasteiger partial charge in [0.25, 0.3) is 0 Å². The van der Waals surface area contributed by atoms with Crippen LogP contribution >= 0.6 is 0 Å². The van der Waals surface area contributed by atoms with Gasteiger partial charge in [0.15, 0.2) is 0 Å². The predicted octanol–water partition coefficient (Wildman–Crippen LogP) is 6.07. The first kappa shape index (κ1) is 20.5. The molecule has 1 unspecified atom stereocenters. The quantitative estimate of drug-likeness (QED) is 0.565. The summed E-state index contributed by atoms with van der Waals surface area (Å²) in [4.78, 5) is 2.51. The first-order valence-electron chi connectivity index (χ1n) is 10.8. The van der Waals surface area contributed by atoms with Gasteiger partial charge in [-0.1, -0.05) is 56.3 Å². The molecule has 156 valence electrons. The fourth-order valence-corrected chi connectivity index (χ4v) is 4.44. The molecule has 1 heterocycles. The summed E-state index contributed by atoms with van der Waals surface area (Å²) in [6.45, 7) is 8.76. The number of hydrogen-bond acceptors (Lipinski definition) is 3. The molecule has 3 nitrogen and oxygen atoms in total. The van der Waals surface area contributed by atoms with Crippen molar-refractivity contribution < 1.29 is 4.74 Å². The monoisotopic (exact) mass is 400 g/mol. The van der Waals surface area contributed by atoms with Crippen molar-refractivity contribution in [2.75, 3.05) is 18.6 Å². The van der Waals surface area contributed by atoms with E-state index in [2.05, 4.69) is 80.3 Å². The molecule has 0 fully saturated rings. The van der Waals surface area contributed by atoms with Crippen LogP contribution in [0.4, 0.5) is 5.69 Å². The highest BCUT2D eigenvalue weighted by molar-refractivity contribution is 5.75. The molecule has 3 aromatic carbocycles. The van der Waals surface area contributed by atoms with Crippen molar-refractivity contribution in [3.8, 4) is 16.9 Å². The molecule has 3 heteroatoms. The molecule has 3 aromatic rings. The zero-order chi connectivity index (χ0) is 21.3. The average Bonchev–Trinajstić information content (AvgIpc) is 2.76. The number of rotatable bonds is 5. The number of hydrogen-bond donors (Lipinski definition) is 1. The second-order valence-corrected chi connectivity index (χ2v) is 9.01. The largest absolute Gasteiger partial charge is 0.497 e. The highest BCUT2D eigenvalue weighted by Crippen LogP contribution is 2.44. The van der Waals surface area contributed by atoms with Crippen LogP contribution in [-0.4, -0.2) is 13.7 Å². The zero-order valence-corrected chi connectivity index (χ0v) is 18.5. The molecule has 1 atom stereocenters. The van der Waals surface area contributed by atoms with E-state index in [-0.39, 0.29) is 11.5 Å². The van der Waals surface area contributed by atoms with Gasteiger partial charge in [0.05, 0.1) is 7.11 Å². The number of methoxy groups -OCH3 is 1. The number of ether oxygens (including phenoxy) is 1. The van der Waals surface area contributed by atoms with Crippen LogP contribution in [-0.2, 0) is 12.0 Å². The van der Waals surface area contributed by atoms with Crippen LogP contribution < -0.4 is 15.4 Å². The molecular weight excluding hydrogens is 368 g/mol. The van der Waals surface area contributed by atoms with E-state index < -0.39 is 0 Å². The molecule has 0 bridgehead atoms. The minimum absolute atomic E-state index is 0.0454. The van der Waals surface area contributed by atoms with E-state index in [1.807, 2.05) is 12.1 Å². The fraction of sp³-hybridized carbons (Fsp3) is 0.333. The molecule has 0 saturated carbocycles. The Hall–Kier alpha value is -2.78. The first-order chi connectivity index (χ1) is 14.4. The van der Waals surface area contributed by atoms with Gasteiger partial charge in [0.1, 0.15) is 5.75 Å². The van der Waals surface area contributed by atoms with Crippen molar-refractivity contribution in [3.63, 3.8) is 0 Å². The van der Waals surface area contributed by atoms with Gasteiger partial charge in [0.2, 0.25) is 0 Å². The van der Waals surface area contributed by atoms with Crippen molar-refractivity contribution in [1.82, 2.24) is 0 Å². The Balaban J connectivity index is 1.83. The highest BCUT2D eigenvalue weighted by atomic mass is 16.5. The van der Waals surface area contributed by atoms with Gasteiger partial charge in [0, 0.05) is 24.8 Å². The fourth-order valence-electron chi connectivity index (χ4n) is 4.44. The molecule has 0 aliphatic carbocycles. The molecule has 0 aromatic heterocycles. The van der Waals surface area contributed by atoms with E-state index in [9.17, 15) is 0 Å². The summed E-state index contributed by atoms with van der Waals surface area (Å²) in [7, 11) is 1.70. The lowest BCUT2D eigenvalue weighted by molar-refractivity contribution is 0.415. The van der Waals surface area contributed by atoms with Crippen LogP contribution in [0, 0.1) is 0 Å². The van der Waals surface area contributed by atoms with Crippen molar-refractivity contribution in [2.24, 2.45) is 5.73 Å². The molecule has 30 heavy (non-hydrogen) atoms. The Morgan fingerprint density at radius 1 is 1.03 bits per heavy atom. The molecule has 0 saturated heterocycles. The molecule has 0 spiro atoms. The summed E-state index contributed by atoms with van der Waals surface area (Å²) in [6.07, 6.45) is 1.13. The van der Waals surface area contributed by atoms with Crippen LogP contribution in [0.15, 0.2) is 66.7 Å². The summed E-state index contributed by atoms with van der Waals surface area (Å²) >= 11 is 0. The second kappa shape index (κ2) is 8.16. The van der Waals surface area contributed by atoms with E-state index in [4.69, 9.17) is 10.5 Å². The van der Waals surface area contributed by atoms with Gasteiger partial charge < -0.3 is 15.4 Å². The summed E-state index contributed by atoms with van der Waals surface area (Å²) < 4.78 is 5.35. The molecular formula is C27H32N2O. The van der Waals surface area contributed by atoms with E-state index in [0.717, 1.165) is 25.3 Å². The van der Waals surface area contributed by atoms with Crippen LogP contribution in [0.2, 0.25) is 0 Å². The summed E-state index contributed by atoms with van der Waals surface area (Å²) in [6, 6.07) is 23.7. The Morgan fingerprint density at radius 3 is 2.37 bits per heavy atom. The minimum atomic E-state index is -0.0454. The van der Waals surface area contributed by atoms with E-state index >= 15 is 0 Å². The smallest absolute Gasteiger partial charge is 0.118 e. The van der Waals surface area contributed by atoms with Gasteiger partial charge >= 0.3 is 0 Å². The number of fused-ring (bicyclic) bond motifs is 1. The zero-order valence-electron chi connectivity index (χ0n) is 18.5. The second-order valence-electron chi connectivity index (χ2n) is 9.01. The minimum Gasteiger partial charge on any atom is -0.497 e. The third-order valence-electron chi connectivity index (χ3n) is 6.35. The molecule has 2 N–H and O–H groups in total. The van der Waals surface area contributed by atoms with Crippen molar-refractivity contribution in [1.29, 1.82) is 0 Å². The molecule has 0 amide bonds. The maximum absolute atomic E-state index is 6.46. The van der Waals surface area contributed by atoms with Gasteiger partial charge in [-0.25, -0.2) is 0 Å². The van der Waals surface area contributed by atoms with Gasteiger partial charge in [-0.05, 0) is 70.8 Å². The van der Waals surface area contributed by atoms with Crippen molar-refractivity contribution >= 4 is 5.69 Å². The van der Waals surface area contributed by atoms with Crippen LogP contribution in [0.1, 0.15) is 49.9 Å².